The Bertz CT molecular complexity index is 1110. The highest BCUT2D eigenvalue weighted by molar-refractivity contribution is 7.99. The van der Waals surface area contributed by atoms with E-state index in [2.05, 4.69) is 15.5 Å². The lowest BCUT2D eigenvalue weighted by atomic mass is 10.1. The lowest BCUT2D eigenvalue weighted by molar-refractivity contribution is -0.118. The van der Waals surface area contributed by atoms with Gasteiger partial charge in [0.15, 0.2) is 11.3 Å². The maximum Gasteiger partial charge on any atom is 0.257 e. The van der Waals surface area contributed by atoms with Crippen molar-refractivity contribution in [2.45, 2.75) is 11.8 Å². The number of halogens is 2. The second-order valence-corrected chi connectivity index (χ2v) is 6.75. The Morgan fingerprint density at radius 3 is 2.82 bits per heavy atom. The number of para-hydroxylation sites is 2. The van der Waals surface area contributed by atoms with Crippen LogP contribution in [-0.4, -0.2) is 21.8 Å². The highest BCUT2D eigenvalue weighted by Crippen LogP contribution is 2.25. The van der Waals surface area contributed by atoms with Gasteiger partial charge in [0.2, 0.25) is 5.91 Å². The van der Waals surface area contributed by atoms with Crippen LogP contribution in [0.5, 0.6) is 0 Å². The summed E-state index contributed by atoms with van der Waals surface area (Å²) in [6.07, 6.45) is 0. The van der Waals surface area contributed by atoms with E-state index in [0.717, 1.165) is 17.6 Å². The van der Waals surface area contributed by atoms with E-state index in [1.807, 2.05) is 18.2 Å². The van der Waals surface area contributed by atoms with Gasteiger partial charge in [0.25, 0.3) is 5.22 Å². The number of nitrogens with one attached hydrogen (secondary N) is 1. The molecule has 2 aromatic carbocycles. The van der Waals surface area contributed by atoms with E-state index in [-0.39, 0.29) is 29.5 Å². The zero-order valence-corrected chi connectivity index (χ0v) is 15.1. The molecule has 2 heterocycles. The molecule has 0 atom stereocenters. The average molecular weight is 401 g/mol. The van der Waals surface area contributed by atoms with Crippen molar-refractivity contribution in [2.75, 3.05) is 5.75 Å². The molecule has 4 aromatic rings. The zero-order chi connectivity index (χ0) is 19.5. The molecule has 1 N–H and O–H groups in total. The minimum absolute atomic E-state index is 0.0954. The van der Waals surface area contributed by atoms with Crippen molar-refractivity contribution in [3.63, 3.8) is 0 Å². The number of amides is 1. The number of thioether (sulfide) groups is 1. The summed E-state index contributed by atoms with van der Waals surface area (Å²) < 4.78 is 37.4. The van der Waals surface area contributed by atoms with Crippen LogP contribution >= 0.6 is 11.8 Å². The quantitative estimate of drug-likeness (QED) is 0.489. The SMILES string of the molecule is O=C(CSc1nc2ccccc2o1)NCc1cc(-c2ccc(F)cc2F)on1. The van der Waals surface area contributed by atoms with Gasteiger partial charge in [-0.1, -0.05) is 29.1 Å². The highest BCUT2D eigenvalue weighted by atomic mass is 32.2. The van der Waals surface area contributed by atoms with Crippen LogP contribution in [0.3, 0.4) is 0 Å². The Kier molecular flexibility index (Phi) is 5.07. The predicted octanol–water partition coefficient (Wildman–Crippen LogP) is 4.17. The van der Waals surface area contributed by atoms with Gasteiger partial charge in [-0.05, 0) is 24.3 Å². The smallest absolute Gasteiger partial charge is 0.257 e. The number of fused-ring (bicyclic) bond motifs is 1. The first kappa shape index (κ1) is 18.2. The number of hydrogen-bond donors (Lipinski definition) is 1. The zero-order valence-electron chi connectivity index (χ0n) is 14.3. The van der Waals surface area contributed by atoms with Crippen LogP contribution in [-0.2, 0) is 11.3 Å². The molecule has 0 bridgehead atoms. The first-order valence-corrected chi connectivity index (χ1v) is 9.23. The second kappa shape index (κ2) is 7.81. The third-order valence-corrected chi connectivity index (χ3v) is 4.65. The number of carbonyl (C=O) groups excluding carboxylic acids is 1. The summed E-state index contributed by atoms with van der Waals surface area (Å²) in [7, 11) is 0. The maximum absolute atomic E-state index is 13.8. The van der Waals surface area contributed by atoms with E-state index in [0.29, 0.717) is 16.5 Å². The van der Waals surface area contributed by atoms with Gasteiger partial charge >= 0.3 is 0 Å². The lowest BCUT2D eigenvalue weighted by Gasteiger charge is -2.00. The molecule has 28 heavy (non-hydrogen) atoms. The van der Waals surface area contributed by atoms with E-state index in [1.54, 1.807) is 6.07 Å². The summed E-state index contributed by atoms with van der Waals surface area (Å²) in [5, 5.41) is 6.88. The number of hydrogen-bond acceptors (Lipinski definition) is 6. The molecule has 0 radical (unpaired) electrons. The molecule has 0 aliphatic rings. The van der Waals surface area contributed by atoms with Gasteiger partial charge < -0.3 is 14.3 Å². The number of oxazole rings is 1. The third kappa shape index (κ3) is 4.04. The normalized spacial score (nSPS) is 11.1. The highest BCUT2D eigenvalue weighted by Gasteiger charge is 2.13. The van der Waals surface area contributed by atoms with Gasteiger partial charge in [-0.15, -0.1) is 0 Å². The number of aromatic nitrogens is 2. The molecule has 1 amide bonds. The molecule has 0 aliphatic heterocycles. The predicted molar refractivity (Wildman–Crippen MR) is 98.4 cm³/mol. The van der Waals surface area contributed by atoms with Crippen LogP contribution in [0.4, 0.5) is 8.78 Å². The fourth-order valence-electron chi connectivity index (χ4n) is 2.49. The largest absolute Gasteiger partial charge is 0.431 e. The second-order valence-electron chi connectivity index (χ2n) is 5.82. The van der Waals surface area contributed by atoms with E-state index < -0.39 is 11.6 Å². The van der Waals surface area contributed by atoms with Crippen molar-refractivity contribution in [1.82, 2.24) is 15.5 Å². The molecular weight excluding hydrogens is 388 g/mol. The molecule has 0 saturated carbocycles. The van der Waals surface area contributed by atoms with Crippen LogP contribution in [0.1, 0.15) is 5.69 Å². The van der Waals surface area contributed by atoms with Crippen LogP contribution in [0.2, 0.25) is 0 Å². The van der Waals surface area contributed by atoms with E-state index in [4.69, 9.17) is 8.94 Å². The Balaban J connectivity index is 1.32. The monoisotopic (exact) mass is 401 g/mol. The fourth-order valence-corrected chi connectivity index (χ4v) is 3.16. The summed E-state index contributed by atoms with van der Waals surface area (Å²) >= 11 is 1.18. The van der Waals surface area contributed by atoms with Crippen molar-refractivity contribution in [2.24, 2.45) is 0 Å². The van der Waals surface area contributed by atoms with Crippen molar-refractivity contribution in [1.29, 1.82) is 0 Å². The van der Waals surface area contributed by atoms with Crippen molar-refractivity contribution in [3.8, 4) is 11.3 Å². The van der Waals surface area contributed by atoms with Gasteiger partial charge in [0.05, 0.1) is 17.9 Å². The van der Waals surface area contributed by atoms with Crippen LogP contribution in [0, 0.1) is 11.6 Å². The van der Waals surface area contributed by atoms with Gasteiger partial charge in [0, 0.05) is 12.1 Å². The van der Waals surface area contributed by atoms with E-state index in [9.17, 15) is 13.6 Å². The van der Waals surface area contributed by atoms with Crippen LogP contribution in [0.15, 0.2) is 62.7 Å². The summed E-state index contributed by atoms with van der Waals surface area (Å²) in [5.74, 6) is -1.40. The van der Waals surface area contributed by atoms with E-state index in [1.165, 1.54) is 23.9 Å². The molecule has 0 unspecified atom stereocenters. The molecular formula is C19H13F2N3O3S. The summed E-state index contributed by atoms with van der Waals surface area (Å²) in [6, 6.07) is 12.0. The molecule has 6 nitrogen and oxygen atoms in total. The van der Waals surface area contributed by atoms with Crippen LogP contribution in [0.25, 0.3) is 22.4 Å². The van der Waals surface area contributed by atoms with Crippen LogP contribution < -0.4 is 5.32 Å². The Hall–Kier alpha value is -3.20. The average Bonchev–Trinajstić information content (AvgIpc) is 3.31. The number of nitrogens with zero attached hydrogens (tertiary/aromatic N) is 2. The Morgan fingerprint density at radius 2 is 2.00 bits per heavy atom. The topological polar surface area (TPSA) is 81.2 Å². The van der Waals surface area contributed by atoms with Gasteiger partial charge in [-0.3, -0.25) is 4.79 Å². The maximum atomic E-state index is 13.8. The molecule has 9 heteroatoms. The minimum atomic E-state index is -0.749. The minimum Gasteiger partial charge on any atom is -0.431 e. The lowest BCUT2D eigenvalue weighted by Crippen LogP contribution is -2.24. The first-order valence-electron chi connectivity index (χ1n) is 8.24. The Labute approximate surface area is 161 Å². The fraction of sp³-hybridized carbons (Fsp3) is 0.105. The Morgan fingerprint density at radius 1 is 1.14 bits per heavy atom. The molecule has 2 aromatic heterocycles. The number of carbonyl (C=O) groups is 1. The standard InChI is InChI=1S/C19H13F2N3O3S/c20-11-5-6-13(14(21)7-11)17-8-12(24-27-17)9-22-18(25)10-28-19-23-15-3-1-2-4-16(15)26-19/h1-8H,9-10H2,(H,22,25). The molecule has 0 spiro atoms. The molecule has 0 fully saturated rings. The molecule has 0 aliphatic carbocycles. The van der Waals surface area contributed by atoms with Crippen molar-refractivity contribution < 1.29 is 22.5 Å². The number of benzene rings is 2. The van der Waals surface area contributed by atoms with Gasteiger partial charge in [-0.25, -0.2) is 13.8 Å². The van der Waals surface area contributed by atoms with Gasteiger partial charge in [0.1, 0.15) is 22.8 Å². The summed E-state index contributed by atoms with van der Waals surface area (Å²) in [5.41, 5.74) is 1.90. The molecule has 0 saturated heterocycles. The summed E-state index contributed by atoms with van der Waals surface area (Å²) in [4.78, 5) is 16.3. The van der Waals surface area contributed by atoms with Crippen molar-refractivity contribution >= 4 is 28.8 Å². The summed E-state index contributed by atoms with van der Waals surface area (Å²) in [6.45, 7) is 0.110. The van der Waals surface area contributed by atoms with E-state index >= 15 is 0 Å². The van der Waals surface area contributed by atoms with Gasteiger partial charge in [-0.2, -0.15) is 0 Å². The molecule has 142 valence electrons. The third-order valence-electron chi connectivity index (χ3n) is 3.82. The first-order chi connectivity index (χ1) is 13.6. The number of rotatable bonds is 6. The molecule has 4 rings (SSSR count). The van der Waals surface area contributed by atoms with Crippen molar-refractivity contribution in [3.05, 3.63) is 65.9 Å².